The molecule has 1 nitrogen and oxygen atoms in total. The SMILES string of the molecule is [H-].[H-].[Mg+2].c1ccoc1. The van der Waals surface area contributed by atoms with Crippen molar-refractivity contribution in [3.63, 3.8) is 0 Å². The van der Waals surface area contributed by atoms with Crippen molar-refractivity contribution >= 4 is 23.1 Å². The molecule has 0 bridgehead atoms. The number of furan rings is 1. The van der Waals surface area contributed by atoms with E-state index in [4.69, 9.17) is 0 Å². The van der Waals surface area contributed by atoms with E-state index < -0.39 is 0 Å². The van der Waals surface area contributed by atoms with Crippen LogP contribution in [0.25, 0.3) is 0 Å². The maximum atomic E-state index is 4.58. The van der Waals surface area contributed by atoms with Crippen molar-refractivity contribution in [2.75, 3.05) is 0 Å². The Morgan fingerprint density at radius 3 is 1.83 bits per heavy atom. The molecule has 1 aromatic rings. The van der Waals surface area contributed by atoms with E-state index in [1.165, 1.54) is 0 Å². The summed E-state index contributed by atoms with van der Waals surface area (Å²) >= 11 is 0. The quantitative estimate of drug-likeness (QED) is 0.439. The maximum absolute atomic E-state index is 4.58. The molecule has 0 atom stereocenters. The molecule has 1 aromatic heterocycles. The van der Waals surface area contributed by atoms with E-state index in [-0.39, 0.29) is 25.9 Å². The van der Waals surface area contributed by atoms with Gasteiger partial charge >= 0.3 is 23.1 Å². The zero-order chi connectivity index (χ0) is 3.54. The summed E-state index contributed by atoms with van der Waals surface area (Å²) in [6, 6.07) is 3.67. The third-order valence-electron chi connectivity index (χ3n) is 0.425. The molecule has 0 aliphatic rings. The Labute approximate surface area is 55.5 Å². The van der Waals surface area contributed by atoms with Gasteiger partial charge in [-0.3, -0.25) is 0 Å². The fourth-order valence-electron chi connectivity index (χ4n) is 0.227. The molecule has 0 aliphatic carbocycles. The van der Waals surface area contributed by atoms with Gasteiger partial charge in [0, 0.05) is 0 Å². The largest absolute Gasteiger partial charge is 2.00 e. The minimum atomic E-state index is 0. The Morgan fingerprint density at radius 2 is 1.67 bits per heavy atom. The van der Waals surface area contributed by atoms with Crippen molar-refractivity contribution in [1.82, 2.24) is 0 Å². The summed E-state index contributed by atoms with van der Waals surface area (Å²) in [4.78, 5) is 0. The topological polar surface area (TPSA) is 13.1 Å². The Balaban J connectivity index is -0.0000000833. The molecule has 0 N–H and O–H groups in total. The minimum absolute atomic E-state index is 0. The molecule has 2 heteroatoms. The summed E-state index contributed by atoms with van der Waals surface area (Å²) in [5, 5.41) is 0. The van der Waals surface area contributed by atoms with Crippen LogP contribution in [0.1, 0.15) is 2.85 Å². The molecule has 0 fully saturated rings. The van der Waals surface area contributed by atoms with E-state index in [1.807, 2.05) is 12.1 Å². The third-order valence-corrected chi connectivity index (χ3v) is 0.425. The van der Waals surface area contributed by atoms with Crippen LogP contribution in [0.5, 0.6) is 0 Å². The van der Waals surface area contributed by atoms with Gasteiger partial charge in [-0.05, 0) is 12.1 Å². The Hall–Kier alpha value is 0.0462. The predicted octanol–water partition coefficient (Wildman–Crippen LogP) is 1.12. The third kappa shape index (κ3) is 1.47. The van der Waals surface area contributed by atoms with Crippen molar-refractivity contribution in [3.8, 4) is 0 Å². The van der Waals surface area contributed by atoms with Crippen LogP contribution in [0, 0.1) is 0 Å². The van der Waals surface area contributed by atoms with Gasteiger partial charge in [0.2, 0.25) is 0 Å². The smallest absolute Gasteiger partial charge is 1.00 e. The molecule has 0 saturated heterocycles. The predicted molar refractivity (Wildman–Crippen MR) is 26.7 cm³/mol. The zero-order valence-electron chi connectivity index (χ0n) is 5.42. The average Bonchev–Trinajstić information content (AvgIpc) is 1.76. The first-order valence-corrected chi connectivity index (χ1v) is 1.47. The second-order valence-electron chi connectivity index (χ2n) is 0.793. The van der Waals surface area contributed by atoms with Gasteiger partial charge in [-0.15, -0.1) is 0 Å². The van der Waals surface area contributed by atoms with Crippen LogP contribution in [-0.4, -0.2) is 23.1 Å². The summed E-state index contributed by atoms with van der Waals surface area (Å²) in [6.45, 7) is 0. The van der Waals surface area contributed by atoms with Crippen molar-refractivity contribution in [2.45, 2.75) is 0 Å². The van der Waals surface area contributed by atoms with Crippen LogP contribution in [-0.2, 0) is 0 Å². The standard InChI is InChI=1S/C4H4O.Mg.2H/c1-2-4-5-3-1;;;/h1-4H;;;/q;+2;2*-1. The second kappa shape index (κ2) is 3.24. The molecule has 0 spiro atoms. The minimum Gasteiger partial charge on any atom is -1.00 e. The van der Waals surface area contributed by atoms with Gasteiger partial charge < -0.3 is 7.27 Å². The van der Waals surface area contributed by atoms with E-state index in [1.54, 1.807) is 12.5 Å². The van der Waals surface area contributed by atoms with Crippen molar-refractivity contribution in [2.24, 2.45) is 0 Å². The van der Waals surface area contributed by atoms with Crippen LogP contribution in [0.15, 0.2) is 29.1 Å². The first-order valence-electron chi connectivity index (χ1n) is 1.47. The van der Waals surface area contributed by atoms with Gasteiger partial charge in [-0.1, -0.05) is 0 Å². The average molecular weight is 94.4 g/mol. The maximum Gasteiger partial charge on any atom is 2.00 e. The van der Waals surface area contributed by atoms with Crippen molar-refractivity contribution in [3.05, 3.63) is 24.7 Å². The molecule has 0 radical (unpaired) electrons. The number of rotatable bonds is 0. The summed E-state index contributed by atoms with van der Waals surface area (Å²) in [5.74, 6) is 0. The van der Waals surface area contributed by atoms with Gasteiger partial charge in [0.05, 0.1) is 12.5 Å². The van der Waals surface area contributed by atoms with Crippen LogP contribution < -0.4 is 0 Å². The Morgan fingerprint density at radius 1 is 1.17 bits per heavy atom. The van der Waals surface area contributed by atoms with Gasteiger partial charge in [0.25, 0.3) is 0 Å². The van der Waals surface area contributed by atoms with E-state index in [9.17, 15) is 0 Å². The van der Waals surface area contributed by atoms with Crippen molar-refractivity contribution in [1.29, 1.82) is 0 Å². The fraction of sp³-hybridized carbons (Fsp3) is 0. The van der Waals surface area contributed by atoms with Crippen LogP contribution in [0.2, 0.25) is 0 Å². The van der Waals surface area contributed by atoms with Crippen LogP contribution in [0.4, 0.5) is 0 Å². The molecule has 30 valence electrons. The van der Waals surface area contributed by atoms with Crippen LogP contribution in [0.3, 0.4) is 0 Å². The monoisotopic (exact) mass is 94.0 g/mol. The van der Waals surface area contributed by atoms with Gasteiger partial charge in [0.15, 0.2) is 0 Å². The molecule has 1 rings (SSSR count). The fourth-order valence-corrected chi connectivity index (χ4v) is 0.227. The molecule has 0 aromatic carbocycles. The van der Waals surface area contributed by atoms with Crippen LogP contribution >= 0.6 is 0 Å². The summed E-state index contributed by atoms with van der Waals surface area (Å²) in [6.07, 6.45) is 3.25. The number of hydrogen-bond acceptors (Lipinski definition) is 1. The molecule has 0 amide bonds. The van der Waals surface area contributed by atoms with Gasteiger partial charge in [-0.2, -0.15) is 0 Å². The second-order valence-corrected chi connectivity index (χ2v) is 0.793. The molecule has 6 heavy (non-hydrogen) atoms. The molecule has 1 heterocycles. The van der Waals surface area contributed by atoms with Gasteiger partial charge in [-0.25, -0.2) is 0 Å². The van der Waals surface area contributed by atoms with E-state index in [0.717, 1.165) is 0 Å². The summed E-state index contributed by atoms with van der Waals surface area (Å²) in [5.41, 5.74) is 0. The Kier molecular flexibility index (Phi) is 3.27. The van der Waals surface area contributed by atoms with Crippen molar-refractivity contribution < 1.29 is 7.27 Å². The number of hydrogen-bond donors (Lipinski definition) is 0. The normalized spacial score (nSPS) is 6.67. The molecule has 0 aliphatic heterocycles. The summed E-state index contributed by atoms with van der Waals surface area (Å²) in [7, 11) is 0. The first kappa shape index (κ1) is 6.05. The molecular weight excluding hydrogens is 88.3 g/mol. The van der Waals surface area contributed by atoms with E-state index >= 15 is 0 Å². The van der Waals surface area contributed by atoms with E-state index in [2.05, 4.69) is 4.42 Å². The molecule has 0 saturated carbocycles. The zero-order valence-corrected chi connectivity index (χ0v) is 4.84. The summed E-state index contributed by atoms with van der Waals surface area (Å²) < 4.78 is 4.58. The van der Waals surface area contributed by atoms with Gasteiger partial charge in [0.1, 0.15) is 0 Å². The molecule has 0 unspecified atom stereocenters. The van der Waals surface area contributed by atoms with E-state index in [0.29, 0.717) is 0 Å². The Bertz CT molecular complexity index is 70.5. The molecular formula is C4H6MgO. The first-order chi connectivity index (χ1) is 2.50.